The van der Waals surface area contributed by atoms with Crippen LogP contribution in [-0.2, 0) is 5.41 Å². The second-order valence-corrected chi connectivity index (χ2v) is 8.50. The zero-order valence-corrected chi connectivity index (χ0v) is 17.1. The van der Waals surface area contributed by atoms with E-state index in [1.807, 2.05) is 56.0 Å². The quantitative estimate of drug-likeness (QED) is 0.633. The van der Waals surface area contributed by atoms with Gasteiger partial charge in [0.25, 0.3) is 5.91 Å². The highest BCUT2D eigenvalue weighted by Gasteiger charge is 2.25. The number of aryl methyl sites for hydroxylation is 2. The zero-order chi connectivity index (χ0) is 19.1. The average molecular weight is 368 g/mol. The molecular weight excluding hydrogens is 342 g/mol. The van der Waals surface area contributed by atoms with E-state index in [-0.39, 0.29) is 11.3 Å². The lowest BCUT2D eigenvalue weighted by Gasteiger charge is -2.20. The fourth-order valence-electron chi connectivity index (χ4n) is 3.05. The molecule has 26 heavy (non-hydrogen) atoms. The van der Waals surface area contributed by atoms with Crippen LogP contribution < -0.4 is 4.90 Å². The number of aromatic nitrogens is 2. The van der Waals surface area contributed by atoms with Crippen LogP contribution in [0, 0.1) is 13.8 Å². The third kappa shape index (κ3) is 3.23. The smallest absolute Gasteiger partial charge is 0.268 e. The normalized spacial score (nSPS) is 11.8. The predicted molar refractivity (Wildman–Crippen MR) is 109 cm³/mol. The number of hydrogen-bond donors (Lipinski definition) is 0. The number of carbonyl (C=O) groups is 1. The van der Waals surface area contributed by atoms with Crippen LogP contribution in [0.15, 0.2) is 30.3 Å². The molecule has 0 N–H and O–H groups in total. The topological polar surface area (TPSA) is 46.1 Å². The molecule has 0 aliphatic rings. The Morgan fingerprint density at radius 3 is 2.35 bits per heavy atom. The first-order chi connectivity index (χ1) is 12.2. The largest absolute Gasteiger partial charge is 0.308 e. The Morgan fingerprint density at radius 1 is 1.12 bits per heavy atom. The van der Waals surface area contributed by atoms with E-state index in [9.17, 15) is 4.79 Å². The van der Waals surface area contributed by atoms with E-state index < -0.39 is 0 Å². The zero-order valence-electron chi connectivity index (χ0n) is 16.3. The molecule has 1 aromatic carbocycles. The van der Waals surface area contributed by atoms with Gasteiger partial charge in [-0.05, 0) is 38.5 Å². The summed E-state index contributed by atoms with van der Waals surface area (Å²) in [5, 5.41) is 1.01. The highest BCUT2D eigenvalue weighted by Crippen LogP contribution is 2.34. The molecule has 0 atom stereocenters. The molecule has 0 aliphatic carbocycles. The van der Waals surface area contributed by atoms with Gasteiger partial charge in [0.05, 0.1) is 10.6 Å². The number of amides is 1. The summed E-state index contributed by atoms with van der Waals surface area (Å²) in [4.78, 5) is 26.2. The van der Waals surface area contributed by atoms with Crippen LogP contribution in [0.4, 0.5) is 5.69 Å². The van der Waals surface area contributed by atoms with Crippen LogP contribution in [-0.4, -0.2) is 22.4 Å². The Balaban J connectivity index is 2.12. The van der Waals surface area contributed by atoms with Gasteiger partial charge in [-0.1, -0.05) is 39.0 Å². The van der Waals surface area contributed by atoms with Gasteiger partial charge in [0.1, 0.15) is 10.7 Å². The molecule has 0 spiro atoms. The SMILES string of the molecule is CCN(C(=O)c1sc2nc(C(C)(C)C)nc(C)c2c1C)c1ccccc1. The summed E-state index contributed by atoms with van der Waals surface area (Å²) in [6.07, 6.45) is 0. The maximum atomic E-state index is 13.2. The van der Waals surface area contributed by atoms with Crippen molar-refractivity contribution in [2.75, 3.05) is 11.4 Å². The highest BCUT2D eigenvalue weighted by atomic mass is 32.1. The van der Waals surface area contributed by atoms with Crippen molar-refractivity contribution in [2.24, 2.45) is 0 Å². The Hall–Kier alpha value is -2.27. The van der Waals surface area contributed by atoms with Crippen molar-refractivity contribution in [3.05, 3.63) is 52.3 Å². The van der Waals surface area contributed by atoms with Crippen molar-refractivity contribution < 1.29 is 4.79 Å². The van der Waals surface area contributed by atoms with Gasteiger partial charge in [0.2, 0.25) is 0 Å². The van der Waals surface area contributed by atoms with Crippen LogP contribution in [0.1, 0.15) is 54.4 Å². The number of para-hydroxylation sites is 1. The van der Waals surface area contributed by atoms with Gasteiger partial charge in [-0.15, -0.1) is 11.3 Å². The Labute approximate surface area is 158 Å². The Bertz CT molecular complexity index is 955. The lowest BCUT2D eigenvalue weighted by atomic mass is 9.95. The van der Waals surface area contributed by atoms with Gasteiger partial charge < -0.3 is 4.90 Å². The molecule has 0 saturated carbocycles. The fraction of sp³-hybridized carbons (Fsp3) is 0.381. The number of rotatable bonds is 3. The van der Waals surface area contributed by atoms with Gasteiger partial charge in [-0.2, -0.15) is 0 Å². The summed E-state index contributed by atoms with van der Waals surface area (Å²) in [5.41, 5.74) is 2.70. The van der Waals surface area contributed by atoms with E-state index >= 15 is 0 Å². The lowest BCUT2D eigenvalue weighted by molar-refractivity contribution is 0.0991. The molecular formula is C21H25N3OS. The molecule has 136 valence electrons. The lowest BCUT2D eigenvalue weighted by Crippen LogP contribution is -2.30. The molecule has 0 aliphatic heterocycles. The predicted octanol–water partition coefficient (Wildman–Crippen LogP) is 5.27. The summed E-state index contributed by atoms with van der Waals surface area (Å²) in [6.45, 7) is 12.9. The van der Waals surface area contributed by atoms with Crippen LogP contribution in [0.2, 0.25) is 0 Å². The minimum Gasteiger partial charge on any atom is -0.308 e. The van der Waals surface area contributed by atoms with Gasteiger partial charge in [0.15, 0.2) is 0 Å². The van der Waals surface area contributed by atoms with Crippen molar-refractivity contribution in [2.45, 2.75) is 47.0 Å². The molecule has 2 heterocycles. The summed E-state index contributed by atoms with van der Waals surface area (Å²) in [6, 6.07) is 9.79. The van der Waals surface area contributed by atoms with E-state index in [4.69, 9.17) is 9.97 Å². The molecule has 4 nitrogen and oxygen atoms in total. The number of thiophene rings is 1. The number of hydrogen-bond acceptors (Lipinski definition) is 4. The van der Waals surface area contributed by atoms with E-state index in [0.717, 1.165) is 37.9 Å². The number of nitrogens with zero attached hydrogens (tertiary/aromatic N) is 3. The van der Waals surface area contributed by atoms with Crippen LogP contribution >= 0.6 is 11.3 Å². The van der Waals surface area contributed by atoms with Crippen molar-refractivity contribution in [1.82, 2.24) is 9.97 Å². The van der Waals surface area contributed by atoms with E-state index in [0.29, 0.717) is 6.54 Å². The van der Waals surface area contributed by atoms with Gasteiger partial charge in [0, 0.05) is 23.0 Å². The van der Waals surface area contributed by atoms with Gasteiger partial charge >= 0.3 is 0 Å². The molecule has 0 fully saturated rings. The number of benzene rings is 1. The number of carbonyl (C=O) groups excluding carboxylic acids is 1. The molecule has 0 radical (unpaired) electrons. The van der Waals surface area contributed by atoms with Crippen LogP contribution in [0.3, 0.4) is 0 Å². The second-order valence-electron chi connectivity index (χ2n) is 7.50. The van der Waals surface area contributed by atoms with Crippen molar-refractivity contribution in [3.8, 4) is 0 Å². The number of anilines is 1. The number of fused-ring (bicyclic) bond motifs is 1. The monoisotopic (exact) mass is 367 g/mol. The Kier molecular flexibility index (Phi) is 4.84. The van der Waals surface area contributed by atoms with Crippen molar-refractivity contribution in [3.63, 3.8) is 0 Å². The molecule has 3 rings (SSSR count). The third-order valence-electron chi connectivity index (χ3n) is 4.47. The summed E-state index contributed by atoms with van der Waals surface area (Å²) in [5.74, 6) is 0.842. The summed E-state index contributed by atoms with van der Waals surface area (Å²) in [7, 11) is 0. The first-order valence-electron chi connectivity index (χ1n) is 8.89. The molecule has 0 saturated heterocycles. The standard InChI is InChI=1S/C21H25N3OS/c1-7-24(15-11-9-8-10-12-15)19(25)17-13(2)16-14(3)22-20(21(4,5)6)23-18(16)26-17/h8-12H,7H2,1-6H3. The van der Waals surface area contributed by atoms with Crippen LogP contribution in [0.5, 0.6) is 0 Å². The first-order valence-corrected chi connectivity index (χ1v) is 9.70. The van der Waals surface area contributed by atoms with Crippen molar-refractivity contribution in [1.29, 1.82) is 0 Å². The molecule has 2 aromatic heterocycles. The van der Waals surface area contributed by atoms with E-state index in [1.54, 1.807) is 0 Å². The Morgan fingerprint density at radius 2 is 1.77 bits per heavy atom. The minimum atomic E-state index is -0.124. The maximum absolute atomic E-state index is 13.2. The van der Waals surface area contributed by atoms with E-state index in [2.05, 4.69) is 20.8 Å². The molecule has 0 bridgehead atoms. The molecule has 1 amide bonds. The molecule has 3 aromatic rings. The summed E-state index contributed by atoms with van der Waals surface area (Å²) < 4.78 is 0. The average Bonchev–Trinajstić information content (AvgIpc) is 2.93. The van der Waals surface area contributed by atoms with Crippen molar-refractivity contribution >= 4 is 33.1 Å². The molecule has 5 heteroatoms. The second kappa shape index (κ2) is 6.80. The maximum Gasteiger partial charge on any atom is 0.268 e. The highest BCUT2D eigenvalue weighted by molar-refractivity contribution is 7.20. The fourth-order valence-corrected chi connectivity index (χ4v) is 4.23. The van der Waals surface area contributed by atoms with E-state index in [1.165, 1.54) is 11.3 Å². The first kappa shape index (κ1) is 18.5. The minimum absolute atomic E-state index is 0.0240. The summed E-state index contributed by atoms with van der Waals surface area (Å²) >= 11 is 1.47. The van der Waals surface area contributed by atoms with Crippen LogP contribution in [0.25, 0.3) is 10.2 Å². The molecule has 0 unspecified atom stereocenters. The van der Waals surface area contributed by atoms with Gasteiger partial charge in [-0.25, -0.2) is 9.97 Å². The van der Waals surface area contributed by atoms with Gasteiger partial charge in [-0.3, -0.25) is 4.79 Å². The third-order valence-corrected chi connectivity index (χ3v) is 5.64.